The Balaban J connectivity index is 0.000000451. The molecule has 2 aromatic carbocycles. The summed E-state index contributed by atoms with van der Waals surface area (Å²) in [6.07, 6.45) is 1.55. The molecule has 1 aromatic heterocycles. The Morgan fingerprint density at radius 1 is 1.00 bits per heavy atom. The van der Waals surface area contributed by atoms with Gasteiger partial charge < -0.3 is 16.8 Å². The first-order valence-electron chi connectivity index (χ1n) is 6.63. The molecule has 1 heterocycles. The first-order valence-corrected chi connectivity index (χ1v) is 6.63. The minimum atomic E-state index is -0.649. The van der Waals surface area contributed by atoms with E-state index < -0.39 is 11.6 Å². The van der Waals surface area contributed by atoms with Gasteiger partial charge in [0.15, 0.2) is 5.69 Å². The number of halogens is 2. The zero-order valence-electron chi connectivity index (χ0n) is 12.8. The van der Waals surface area contributed by atoms with E-state index in [0.717, 1.165) is 12.1 Å². The van der Waals surface area contributed by atoms with Gasteiger partial charge in [-0.1, -0.05) is 54.1 Å². The van der Waals surface area contributed by atoms with Gasteiger partial charge in [-0.05, 0) is 11.8 Å². The molecule has 0 fully saturated rings. The van der Waals surface area contributed by atoms with Crippen molar-refractivity contribution in [2.75, 3.05) is 0 Å². The van der Waals surface area contributed by atoms with E-state index in [1.165, 1.54) is 0 Å². The van der Waals surface area contributed by atoms with Crippen molar-refractivity contribution in [1.82, 2.24) is 4.98 Å². The zero-order chi connectivity index (χ0) is 17.8. The van der Waals surface area contributed by atoms with Crippen molar-refractivity contribution in [3.63, 3.8) is 0 Å². The van der Waals surface area contributed by atoms with E-state index in [1.54, 1.807) is 36.5 Å². The molecule has 0 radical (unpaired) electrons. The Hall–Kier alpha value is -2.92. The summed E-state index contributed by atoms with van der Waals surface area (Å²) in [5.74, 6) is -1.29. The molecule has 6 heteroatoms. The van der Waals surface area contributed by atoms with Crippen LogP contribution < -0.4 is 0 Å². The van der Waals surface area contributed by atoms with Gasteiger partial charge >= 0.3 is 20.1 Å². The maximum Gasteiger partial charge on any atom is 3.00 e. The SMILES string of the molecule is Fc1c[c-]c(-c2ccccn2)c(F)c1.[C-]#N.[C-]#[N+]c1ccccc1.[Ir+3]. The Morgan fingerprint density at radius 3 is 2.12 bits per heavy atom. The largest absolute Gasteiger partial charge is 3.00 e. The Morgan fingerprint density at radius 2 is 1.64 bits per heavy atom. The number of hydrogen-bond donors (Lipinski definition) is 0. The summed E-state index contributed by atoms with van der Waals surface area (Å²) in [7, 11) is 0. The molecule has 0 bridgehead atoms. The molecule has 0 saturated carbocycles. The van der Waals surface area contributed by atoms with Crippen LogP contribution in [0.4, 0.5) is 14.5 Å². The average molecular weight is 512 g/mol. The van der Waals surface area contributed by atoms with E-state index in [1.807, 2.05) is 18.2 Å². The fourth-order valence-electron chi connectivity index (χ4n) is 1.65. The molecule has 0 aliphatic heterocycles. The van der Waals surface area contributed by atoms with Crippen LogP contribution in [-0.4, -0.2) is 4.98 Å². The van der Waals surface area contributed by atoms with Crippen LogP contribution in [0, 0.1) is 36.1 Å². The van der Waals surface area contributed by atoms with Gasteiger partial charge in [0.05, 0.1) is 6.57 Å². The number of nitrogens with zero attached hydrogens (tertiary/aromatic N) is 3. The quantitative estimate of drug-likeness (QED) is 0.424. The van der Waals surface area contributed by atoms with Crippen molar-refractivity contribution >= 4 is 5.69 Å². The second kappa shape index (κ2) is 12.5. The fourth-order valence-corrected chi connectivity index (χ4v) is 1.65. The van der Waals surface area contributed by atoms with Gasteiger partial charge in [-0.25, -0.2) is 4.85 Å². The third-order valence-corrected chi connectivity index (χ3v) is 2.66. The number of benzene rings is 2. The smallest absolute Gasteiger partial charge is 0.512 e. The maximum absolute atomic E-state index is 13.2. The third-order valence-electron chi connectivity index (χ3n) is 2.66. The Bertz CT molecular complexity index is 816. The van der Waals surface area contributed by atoms with Crippen LogP contribution in [0.25, 0.3) is 16.1 Å². The fraction of sp³-hybridized carbons (Fsp3) is 0. The van der Waals surface area contributed by atoms with Crippen molar-refractivity contribution in [1.29, 1.82) is 5.26 Å². The van der Waals surface area contributed by atoms with Gasteiger partial charge in [0.1, 0.15) is 0 Å². The standard InChI is InChI=1S/C11H6F2N.C7H5N.CN.Ir/c12-8-4-5-9(10(13)7-8)11-3-1-2-6-14-11;1-8-7-5-3-2-4-6-7;1-2;/h1-4,6-7H;2-6H;;/q-1;;-1;+3. The topological polar surface area (TPSA) is 41.0 Å². The van der Waals surface area contributed by atoms with Gasteiger partial charge in [-0.2, -0.15) is 0 Å². The molecule has 0 aliphatic carbocycles. The molecule has 0 saturated heterocycles. The van der Waals surface area contributed by atoms with Crippen LogP contribution in [0.2, 0.25) is 0 Å². The first-order chi connectivity index (χ1) is 11.7. The van der Waals surface area contributed by atoms with Crippen molar-refractivity contribution in [2.45, 2.75) is 0 Å². The van der Waals surface area contributed by atoms with Crippen molar-refractivity contribution in [2.24, 2.45) is 0 Å². The van der Waals surface area contributed by atoms with E-state index in [4.69, 9.17) is 18.4 Å². The van der Waals surface area contributed by atoms with Crippen LogP contribution in [-0.2, 0) is 20.1 Å². The molecule has 25 heavy (non-hydrogen) atoms. The molecule has 0 aliphatic rings. The average Bonchev–Trinajstić information content (AvgIpc) is 2.65. The predicted octanol–water partition coefficient (Wildman–Crippen LogP) is 5.16. The summed E-state index contributed by atoms with van der Waals surface area (Å²) >= 11 is 0. The van der Waals surface area contributed by atoms with Crippen LogP contribution >= 0.6 is 0 Å². The number of aromatic nitrogens is 1. The molecule has 0 unspecified atom stereocenters. The Kier molecular flexibility index (Phi) is 11.0. The number of rotatable bonds is 1. The number of para-hydroxylation sites is 1. The van der Waals surface area contributed by atoms with Crippen molar-refractivity contribution in [3.05, 3.63) is 103 Å². The molecular weight excluding hydrogens is 500 g/mol. The minimum absolute atomic E-state index is 0. The second-order valence-corrected chi connectivity index (χ2v) is 4.20. The predicted molar refractivity (Wildman–Crippen MR) is 86.1 cm³/mol. The maximum atomic E-state index is 13.2. The van der Waals surface area contributed by atoms with Crippen LogP contribution in [0.5, 0.6) is 0 Å². The summed E-state index contributed by atoms with van der Waals surface area (Å²) in [4.78, 5) is 7.17. The van der Waals surface area contributed by atoms with E-state index in [-0.39, 0.29) is 25.7 Å². The van der Waals surface area contributed by atoms with E-state index in [0.29, 0.717) is 11.4 Å². The molecule has 0 N–H and O–H groups in total. The van der Waals surface area contributed by atoms with E-state index in [2.05, 4.69) is 15.9 Å². The summed E-state index contributed by atoms with van der Waals surface area (Å²) in [5.41, 5.74) is 1.34. The summed E-state index contributed by atoms with van der Waals surface area (Å²) in [6.45, 7) is 11.3. The molecule has 124 valence electrons. The zero-order valence-corrected chi connectivity index (χ0v) is 15.2. The minimum Gasteiger partial charge on any atom is -0.512 e. The van der Waals surface area contributed by atoms with E-state index in [9.17, 15) is 8.78 Å². The summed E-state index contributed by atoms with van der Waals surface area (Å²) in [5, 5.41) is 6.25. The van der Waals surface area contributed by atoms with Gasteiger partial charge in [0.25, 0.3) is 0 Å². The molecule has 0 amide bonds. The third kappa shape index (κ3) is 7.46. The monoisotopic (exact) mass is 512 g/mol. The first kappa shape index (κ1) is 22.1. The molecule has 3 nitrogen and oxygen atoms in total. The molecule has 3 rings (SSSR count). The molecule has 3 aromatic rings. The van der Waals surface area contributed by atoms with Gasteiger partial charge in [0.2, 0.25) is 0 Å². The van der Waals surface area contributed by atoms with Gasteiger partial charge in [-0.3, -0.25) is 8.78 Å². The second-order valence-electron chi connectivity index (χ2n) is 4.20. The normalized spacial score (nSPS) is 8.28. The van der Waals surface area contributed by atoms with Gasteiger partial charge in [0, 0.05) is 17.8 Å². The van der Waals surface area contributed by atoms with E-state index >= 15 is 0 Å². The molecule has 0 spiro atoms. The number of pyridine rings is 1. The Labute approximate surface area is 158 Å². The van der Waals surface area contributed by atoms with Gasteiger partial charge in [-0.15, -0.1) is 12.1 Å². The molecular formula is C19H11F2IrN3+. The number of hydrogen-bond acceptors (Lipinski definition) is 2. The van der Waals surface area contributed by atoms with Crippen LogP contribution in [0.3, 0.4) is 0 Å². The van der Waals surface area contributed by atoms with Crippen LogP contribution in [0.15, 0.2) is 66.9 Å². The van der Waals surface area contributed by atoms with Crippen LogP contribution in [0.1, 0.15) is 0 Å². The summed E-state index contributed by atoms with van der Waals surface area (Å²) < 4.78 is 25.8. The summed E-state index contributed by atoms with van der Waals surface area (Å²) in [6, 6.07) is 18.7. The van der Waals surface area contributed by atoms with Crippen molar-refractivity contribution in [3.8, 4) is 11.3 Å². The molecule has 0 atom stereocenters. The van der Waals surface area contributed by atoms with Crippen molar-refractivity contribution < 1.29 is 28.9 Å².